The number of aliphatic hydroxyl groups excluding tert-OH is 1. The normalized spacial score (nSPS) is 17.6. The molecule has 1 amide bonds. The molecule has 1 atom stereocenters. The van der Waals surface area contributed by atoms with E-state index in [2.05, 4.69) is 27.7 Å². The number of aliphatic hydroxyl groups is 1. The van der Waals surface area contributed by atoms with Gasteiger partial charge in [0.2, 0.25) is 0 Å². The first kappa shape index (κ1) is 27.5. The molecule has 1 heterocycles. The fourth-order valence-corrected chi connectivity index (χ4v) is 4.44. The largest absolute Gasteiger partial charge is 0.507 e. The molecule has 1 aliphatic heterocycles. The third kappa shape index (κ3) is 5.98. The van der Waals surface area contributed by atoms with Crippen LogP contribution in [-0.2, 0) is 19.7 Å². The zero-order valence-corrected chi connectivity index (χ0v) is 22.4. The van der Waals surface area contributed by atoms with Crippen LogP contribution in [0.1, 0.15) is 75.3 Å². The van der Waals surface area contributed by atoms with Crippen molar-refractivity contribution in [3.63, 3.8) is 0 Å². The SMILES string of the molecule is CCCCOc1ccc(C(O)=C2C(=O)C(=O)N(CCCOC)[C@@H]2c2ccc(C(C)(C)C)cc2)cc1C. The van der Waals surface area contributed by atoms with Crippen LogP contribution in [0.5, 0.6) is 5.75 Å². The van der Waals surface area contributed by atoms with Crippen LogP contribution in [0, 0.1) is 6.92 Å². The van der Waals surface area contributed by atoms with Gasteiger partial charge < -0.3 is 19.5 Å². The van der Waals surface area contributed by atoms with Crippen LogP contribution in [-0.4, -0.2) is 48.6 Å². The smallest absolute Gasteiger partial charge is 0.295 e. The molecular formula is C30H39NO5. The number of nitrogens with zero attached hydrogens (tertiary/aromatic N) is 1. The van der Waals surface area contributed by atoms with Crippen molar-refractivity contribution in [3.8, 4) is 5.75 Å². The van der Waals surface area contributed by atoms with E-state index >= 15 is 0 Å². The summed E-state index contributed by atoms with van der Waals surface area (Å²) >= 11 is 0. The molecule has 0 saturated carbocycles. The second kappa shape index (κ2) is 11.7. The third-order valence-corrected chi connectivity index (χ3v) is 6.58. The summed E-state index contributed by atoms with van der Waals surface area (Å²) in [6.07, 6.45) is 2.59. The highest BCUT2D eigenvalue weighted by molar-refractivity contribution is 6.46. The lowest BCUT2D eigenvalue weighted by Gasteiger charge is -2.26. The quantitative estimate of drug-likeness (QED) is 0.192. The van der Waals surface area contributed by atoms with Gasteiger partial charge in [-0.2, -0.15) is 0 Å². The van der Waals surface area contributed by atoms with Crippen LogP contribution in [0.2, 0.25) is 0 Å². The number of amides is 1. The van der Waals surface area contributed by atoms with Gasteiger partial charge >= 0.3 is 0 Å². The number of unbranched alkanes of at least 4 members (excludes halogenated alkanes) is 1. The Morgan fingerprint density at radius 3 is 2.31 bits per heavy atom. The Morgan fingerprint density at radius 2 is 1.72 bits per heavy atom. The van der Waals surface area contributed by atoms with Crippen molar-refractivity contribution in [1.82, 2.24) is 4.90 Å². The van der Waals surface area contributed by atoms with Gasteiger partial charge in [-0.15, -0.1) is 0 Å². The Labute approximate surface area is 214 Å². The third-order valence-electron chi connectivity index (χ3n) is 6.58. The van der Waals surface area contributed by atoms with E-state index in [9.17, 15) is 14.7 Å². The first-order valence-corrected chi connectivity index (χ1v) is 12.7. The fourth-order valence-electron chi connectivity index (χ4n) is 4.44. The number of hydrogen-bond acceptors (Lipinski definition) is 5. The van der Waals surface area contributed by atoms with Crippen LogP contribution in [0.25, 0.3) is 5.76 Å². The van der Waals surface area contributed by atoms with Crippen LogP contribution < -0.4 is 4.74 Å². The van der Waals surface area contributed by atoms with Gasteiger partial charge in [-0.05, 0) is 60.1 Å². The highest BCUT2D eigenvalue weighted by Crippen LogP contribution is 2.40. The van der Waals surface area contributed by atoms with E-state index in [0.29, 0.717) is 31.7 Å². The van der Waals surface area contributed by atoms with Gasteiger partial charge in [-0.3, -0.25) is 9.59 Å². The van der Waals surface area contributed by atoms with E-state index in [0.717, 1.165) is 35.3 Å². The molecule has 1 fully saturated rings. The van der Waals surface area contributed by atoms with E-state index < -0.39 is 17.7 Å². The molecular weight excluding hydrogens is 454 g/mol. The molecule has 0 bridgehead atoms. The molecule has 1 saturated heterocycles. The standard InChI is InChI=1S/C30H39NO5/c1-7-8-18-36-24-15-12-22(19-20(24)2)27(32)25-26(21-10-13-23(14-11-21)30(3,4)5)31(16-9-17-35-6)29(34)28(25)33/h10-15,19,26,32H,7-9,16-18H2,1-6H3/t26-/m1/s1. The zero-order chi connectivity index (χ0) is 26.5. The number of methoxy groups -OCH3 is 1. The monoisotopic (exact) mass is 493 g/mol. The van der Waals surface area contributed by atoms with E-state index in [-0.39, 0.29) is 16.7 Å². The zero-order valence-electron chi connectivity index (χ0n) is 22.4. The van der Waals surface area contributed by atoms with E-state index in [1.165, 1.54) is 0 Å². The van der Waals surface area contributed by atoms with Crippen molar-refractivity contribution in [3.05, 3.63) is 70.3 Å². The summed E-state index contributed by atoms with van der Waals surface area (Å²) in [5, 5.41) is 11.4. The van der Waals surface area contributed by atoms with Crippen molar-refractivity contribution >= 4 is 17.4 Å². The van der Waals surface area contributed by atoms with Crippen molar-refractivity contribution < 1.29 is 24.2 Å². The molecule has 0 aromatic heterocycles. The second-order valence-corrected chi connectivity index (χ2v) is 10.4. The highest BCUT2D eigenvalue weighted by atomic mass is 16.5. The summed E-state index contributed by atoms with van der Waals surface area (Å²) in [4.78, 5) is 27.9. The Kier molecular flexibility index (Phi) is 8.96. The molecule has 0 unspecified atom stereocenters. The average Bonchev–Trinajstić information content (AvgIpc) is 3.09. The lowest BCUT2D eigenvalue weighted by atomic mass is 9.85. The van der Waals surface area contributed by atoms with Gasteiger partial charge in [0.05, 0.1) is 18.2 Å². The van der Waals surface area contributed by atoms with E-state index in [1.54, 1.807) is 24.1 Å². The number of carbonyl (C=O) groups is 2. The molecule has 3 rings (SSSR count). The minimum atomic E-state index is -0.671. The topological polar surface area (TPSA) is 76.1 Å². The molecule has 2 aromatic rings. The lowest BCUT2D eigenvalue weighted by molar-refractivity contribution is -0.140. The number of benzene rings is 2. The summed E-state index contributed by atoms with van der Waals surface area (Å²) in [5.74, 6) is -0.699. The minimum Gasteiger partial charge on any atom is -0.507 e. The van der Waals surface area contributed by atoms with E-state index in [1.807, 2.05) is 37.3 Å². The Hall–Kier alpha value is -3.12. The Balaban J connectivity index is 2.05. The fraction of sp³-hybridized carbons (Fsp3) is 0.467. The predicted molar refractivity (Wildman–Crippen MR) is 142 cm³/mol. The van der Waals surface area contributed by atoms with Crippen molar-refractivity contribution in [2.75, 3.05) is 26.9 Å². The first-order chi connectivity index (χ1) is 17.1. The van der Waals surface area contributed by atoms with Gasteiger partial charge in [0.1, 0.15) is 11.5 Å². The molecule has 6 nitrogen and oxygen atoms in total. The number of rotatable bonds is 10. The number of likely N-dealkylation sites (tertiary alicyclic amines) is 1. The Bertz CT molecular complexity index is 1110. The molecule has 36 heavy (non-hydrogen) atoms. The molecule has 0 aliphatic carbocycles. The number of aryl methyl sites for hydroxylation is 1. The maximum atomic E-state index is 13.2. The summed E-state index contributed by atoms with van der Waals surface area (Å²) in [7, 11) is 1.61. The van der Waals surface area contributed by atoms with Crippen LogP contribution in [0.3, 0.4) is 0 Å². The van der Waals surface area contributed by atoms with Crippen LogP contribution in [0.15, 0.2) is 48.0 Å². The van der Waals surface area contributed by atoms with E-state index in [4.69, 9.17) is 9.47 Å². The molecule has 2 aromatic carbocycles. The summed E-state index contributed by atoms with van der Waals surface area (Å²) in [6.45, 7) is 11.9. The van der Waals surface area contributed by atoms with Crippen molar-refractivity contribution in [1.29, 1.82) is 0 Å². The van der Waals surface area contributed by atoms with Crippen LogP contribution in [0.4, 0.5) is 0 Å². The first-order valence-electron chi connectivity index (χ1n) is 12.7. The number of ether oxygens (including phenoxy) is 2. The number of hydrogen-bond donors (Lipinski definition) is 1. The molecule has 1 N–H and O–H groups in total. The summed E-state index contributed by atoms with van der Waals surface area (Å²) in [6, 6.07) is 12.6. The molecule has 0 spiro atoms. The average molecular weight is 494 g/mol. The maximum absolute atomic E-state index is 13.2. The van der Waals surface area contributed by atoms with Gasteiger partial charge in [0.15, 0.2) is 0 Å². The van der Waals surface area contributed by atoms with Gasteiger partial charge in [-0.1, -0.05) is 58.4 Å². The van der Waals surface area contributed by atoms with Gasteiger partial charge in [0, 0.05) is 25.8 Å². The van der Waals surface area contributed by atoms with Crippen LogP contribution >= 0.6 is 0 Å². The lowest BCUT2D eigenvalue weighted by Crippen LogP contribution is -2.31. The molecule has 6 heteroatoms. The summed E-state index contributed by atoms with van der Waals surface area (Å²) in [5.41, 5.74) is 3.36. The highest BCUT2D eigenvalue weighted by Gasteiger charge is 2.45. The molecule has 194 valence electrons. The van der Waals surface area contributed by atoms with Crippen molar-refractivity contribution in [2.24, 2.45) is 0 Å². The molecule has 1 aliphatic rings. The number of Topliss-reactive ketones (excluding diaryl/α,β-unsaturated/α-hetero) is 1. The summed E-state index contributed by atoms with van der Waals surface area (Å²) < 4.78 is 11.0. The van der Waals surface area contributed by atoms with Gasteiger partial charge in [-0.25, -0.2) is 0 Å². The number of ketones is 1. The predicted octanol–water partition coefficient (Wildman–Crippen LogP) is 5.93. The Morgan fingerprint density at radius 1 is 1.03 bits per heavy atom. The maximum Gasteiger partial charge on any atom is 0.295 e. The van der Waals surface area contributed by atoms with Crippen molar-refractivity contribution in [2.45, 2.75) is 65.3 Å². The minimum absolute atomic E-state index is 0.0305. The number of carbonyl (C=O) groups excluding carboxylic acids is 2. The second-order valence-electron chi connectivity index (χ2n) is 10.4. The molecule has 0 radical (unpaired) electrons. The van der Waals surface area contributed by atoms with Gasteiger partial charge in [0.25, 0.3) is 11.7 Å².